The lowest BCUT2D eigenvalue weighted by molar-refractivity contribution is -0.147. The number of hydrogen-bond acceptors (Lipinski definition) is 3. The van der Waals surface area contributed by atoms with Crippen LogP contribution in [0.25, 0.3) is 0 Å². The molecule has 0 spiro atoms. The highest BCUT2D eigenvalue weighted by atomic mass is 16.5. The molecule has 1 N–H and O–H groups in total. The van der Waals surface area contributed by atoms with Crippen molar-refractivity contribution in [3.63, 3.8) is 0 Å². The van der Waals surface area contributed by atoms with E-state index in [1.165, 1.54) is 4.90 Å². The van der Waals surface area contributed by atoms with E-state index in [2.05, 4.69) is 0 Å². The summed E-state index contributed by atoms with van der Waals surface area (Å²) in [5, 5.41) is 9.00. The number of carboxylic acids is 1. The molecule has 2 rings (SSSR count). The van der Waals surface area contributed by atoms with E-state index in [0.717, 1.165) is 11.1 Å². The third kappa shape index (κ3) is 6.22. The first-order valence-corrected chi connectivity index (χ1v) is 7.80. The molecule has 126 valence electrons. The zero-order chi connectivity index (χ0) is 17.2. The molecule has 0 heterocycles. The van der Waals surface area contributed by atoms with Crippen LogP contribution >= 0.6 is 0 Å². The van der Waals surface area contributed by atoms with Crippen molar-refractivity contribution in [3.05, 3.63) is 71.8 Å². The summed E-state index contributed by atoms with van der Waals surface area (Å²) >= 11 is 0. The van der Waals surface area contributed by atoms with E-state index in [-0.39, 0.29) is 25.6 Å². The number of carbonyl (C=O) groups is 2. The number of ether oxygens (including phenoxy) is 1. The molecule has 5 heteroatoms. The Balaban J connectivity index is 1.82. The summed E-state index contributed by atoms with van der Waals surface area (Å²) in [6.07, 6.45) is 0.714. The number of rotatable bonds is 9. The maximum atomic E-state index is 12.2. The van der Waals surface area contributed by atoms with Crippen molar-refractivity contribution in [2.45, 2.75) is 13.0 Å². The van der Waals surface area contributed by atoms with Gasteiger partial charge in [0.1, 0.15) is 13.2 Å². The quantitative estimate of drug-likeness (QED) is 0.718. The molecule has 24 heavy (non-hydrogen) atoms. The molecule has 0 unspecified atom stereocenters. The molecule has 1 amide bonds. The summed E-state index contributed by atoms with van der Waals surface area (Å²) in [5.41, 5.74) is 2.02. The maximum absolute atomic E-state index is 12.2. The van der Waals surface area contributed by atoms with Gasteiger partial charge in [-0.25, -0.2) is 0 Å². The number of nitrogens with zero attached hydrogens (tertiary/aromatic N) is 1. The van der Waals surface area contributed by atoms with Gasteiger partial charge in [-0.05, 0) is 17.5 Å². The largest absolute Gasteiger partial charge is 0.480 e. The van der Waals surface area contributed by atoms with E-state index in [0.29, 0.717) is 13.0 Å². The van der Waals surface area contributed by atoms with Gasteiger partial charge in [0.25, 0.3) is 0 Å². The standard InChI is InChI=1S/C19H21NO4/c21-18(15-24-12-11-16-7-3-1-4-8-16)20(14-19(22)23)13-17-9-5-2-6-10-17/h1-10H,11-15H2,(H,22,23). The fourth-order valence-corrected chi connectivity index (χ4v) is 2.28. The highest BCUT2D eigenvalue weighted by Gasteiger charge is 2.17. The third-order valence-corrected chi connectivity index (χ3v) is 3.50. The molecule has 2 aromatic carbocycles. The lowest BCUT2D eigenvalue weighted by atomic mass is 10.2. The number of benzene rings is 2. The topological polar surface area (TPSA) is 66.8 Å². The smallest absolute Gasteiger partial charge is 0.323 e. The number of carbonyl (C=O) groups excluding carboxylic acids is 1. The Bertz CT molecular complexity index is 643. The van der Waals surface area contributed by atoms with E-state index in [1.807, 2.05) is 60.7 Å². The Hall–Kier alpha value is -2.66. The van der Waals surface area contributed by atoms with Gasteiger partial charge in [-0.15, -0.1) is 0 Å². The minimum atomic E-state index is -1.04. The molecule has 0 saturated heterocycles. The molecule has 0 radical (unpaired) electrons. The first kappa shape index (κ1) is 17.7. The average Bonchev–Trinajstić information content (AvgIpc) is 2.59. The summed E-state index contributed by atoms with van der Waals surface area (Å²) < 4.78 is 5.42. The molecule has 0 fully saturated rings. The zero-order valence-electron chi connectivity index (χ0n) is 13.4. The normalized spacial score (nSPS) is 10.3. The predicted octanol–water partition coefficient (Wildman–Crippen LogP) is 2.36. The Morgan fingerprint density at radius 3 is 2.08 bits per heavy atom. The molecular formula is C19H21NO4. The molecule has 0 atom stereocenters. The van der Waals surface area contributed by atoms with Crippen LogP contribution in [0.2, 0.25) is 0 Å². The SMILES string of the molecule is O=C(O)CN(Cc1ccccc1)C(=O)COCCc1ccccc1. The number of aliphatic carboxylic acids is 1. The minimum absolute atomic E-state index is 0.118. The molecule has 5 nitrogen and oxygen atoms in total. The fourth-order valence-electron chi connectivity index (χ4n) is 2.28. The highest BCUT2D eigenvalue weighted by molar-refractivity contribution is 5.82. The summed E-state index contributed by atoms with van der Waals surface area (Å²) in [7, 11) is 0. The van der Waals surface area contributed by atoms with Gasteiger partial charge in [0.15, 0.2) is 0 Å². The van der Waals surface area contributed by atoms with Crippen molar-refractivity contribution in [2.75, 3.05) is 19.8 Å². The molecule has 0 aliphatic carbocycles. The van der Waals surface area contributed by atoms with Gasteiger partial charge in [0, 0.05) is 6.54 Å². The summed E-state index contributed by atoms with van der Waals surface area (Å²) in [5.74, 6) is -1.36. The minimum Gasteiger partial charge on any atom is -0.480 e. The monoisotopic (exact) mass is 327 g/mol. The van der Waals surface area contributed by atoms with Crippen LogP contribution in [0.1, 0.15) is 11.1 Å². The van der Waals surface area contributed by atoms with Crippen LogP contribution in [0, 0.1) is 0 Å². The second-order valence-corrected chi connectivity index (χ2v) is 5.42. The van der Waals surface area contributed by atoms with Crippen LogP contribution < -0.4 is 0 Å². The van der Waals surface area contributed by atoms with E-state index < -0.39 is 5.97 Å². The van der Waals surface area contributed by atoms with Crippen LogP contribution in [0.3, 0.4) is 0 Å². The molecular weight excluding hydrogens is 306 g/mol. The first-order valence-electron chi connectivity index (χ1n) is 7.80. The van der Waals surface area contributed by atoms with Crippen molar-refractivity contribution in [2.24, 2.45) is 0 Å². The second-order valence-electron chi connectivity index (χ2n) is 5.42. The van der Waals surface area contributed by atoms with E-state index in [1.54, 1.807) is 0 Å². The van der Waals surface area contributed by atoms with Gasteiger partial charge in [-0.1, -0.05) is 60.7 Å². The lowest BCUT2D eigenvalue weighted by Crippen LogP contribution is -2.37. The van der Waals surface area contributed by atoms with Crippen LogP contribution in [-0.2, 0) is 27.3 Å². The van der Waals surface area contributed by atoms with Crippen molar-refractivity contribution >= 4 is 11.9 Å². The molecule has 2 aromatic rings. The summed E-state index contributed by atoms with van der Waals surface area (Å²) in [4.78, 5) is 24.5. The van der Waals surface area contributed by atoms with Crippen LogP contribution in [-0.4, -0.2) is 41.6 Å². The van der Waals surface area contributed by atoms with Gasteiger partial charge < -0.3 is 14.7 Å². The van der Waals surface area contributed by atoms with Crippen LogP contribution in [0.4, 0.5) is 0 Å². The Labute approximate surface area is 141 Å². The van der Waals surface area contributed by atoms with E-state index in [4.69, 9.17) is 9.84 Å². The maximum Gasteiger partial charge on any atom is 0.323 e. The van der Waals surface area contributed by atoms with Gasteiger partial charge in [0.2, 0.25) is 5.91 Å². The molecule has 0 saturated carbocycles. The lowest BCUT2D eigenvalue weighted by Gasteiger charge is -2.20. The van der Waals surface area contributed by atoms with Crippen molar-refractivity contribution in [1.82, 2.24) is 4.90 Å². The van der Waals surface area contributed by atoms with Crippen molar-refractivity contribution in [1.29, 1.82) is 0 Å². The first-order chi connectivity index (χ1) is 11.6. The van der Waals surface area contributed by atoms with Gasteiger partial charge >= 0.3 is 5.97 Å². The molecule has 0 bridgehead atoms. The summed E-state index contributed by atoms with van der Waals surface area (Å²) in [6, 6.07) is 19.2. The number of amides is 1. The summed E-state index contributed by atoms with van der Waals surface area (Å²) in [6.45, 7) is 0.221. The highest BCUT2D eigenvalue weighted by Crippen LogP contribution is 2.05. The molecule has 0 aromatic heterocycles. The Kier molecular flexibility index (Phi) is 6.98. The second kappa shape index (κ2) is 9.47. The van der Waals surface area contributed by atoms with Gasteiger partial charge in [-0.2, -0.15) is 0 Å². The third-order valence-electron chi connectivity index (χ3n) is 3.50. The van der Waals surface area contributed by atoms with E-state index in [9.17, 15) is 9.59 Å². The van der Waals surface area contributed by atoms with E-state index >= 15 is 0 Å². The predicted molar refractivity (Wildman–Crippen MR) is 90.5 cm³/mol. The number of hydrogen-bond donors (Lipinski definition) is 1. The van der Waals surface area contributed by atoms with Crippen molar-refractivity contribution in [3.8, 4) is 0 Å². The Morgan fingerprint density at radius 1 is 0.917 bits per heavy atom. The zero-order valence-corrected chi connectivity index (χ0v) is 13.4. The fraction of sp³-hybridized carbons (Fsp3) is 0.263. The average molecular weight is 327 g/mol. The van der Waals surface area contributed by atoms with Crippen molar-refractivity contribution < 1.29 is 19.4 Å². The molecule has 0 aliphatic heterocycles. The molecule has 0 aliphatic rings. The van der Waals surface area contributed by atoms with Crippen LogP contribution in [0.15, 0.2) is 60.7 Å². The Morgan fingerprint density at radius 2 is 1.50 bits per heavy atom. The van der Waals surface area contributed by atoms with Gasteiger partial charge in [-0.3, -0.25) is 9.59 Å². The van der Waals surface area contributed by atoms with Crippen LogP contribution in [0.5, 0.6) is 0 Å². The number of carboxylic acid groups (broad SMARTS) is 1. The van der Waals surface area contributed by atoms with Gasteiger partial charge in [0.05, 0.1) is 6.61 Å².